The molecule has 25 heavy (non-hydrogen) atoms. The SMILES string of the molecule is Cc1cc(OC[C@H](N)Cc2ccccc2)c(C(=O)O)c2cccnc12. The molecule has 0 saturated heterocycles. The molecule has 3 N–H and O–H groups in total. The van der Waals surface area contributed by atoms with Gasteiger partial charge < -0.3 is 15.6 Å². The summed E-state index contributed by atoms with van der Waals surface area (Å²) >= 11 is 0. The van der Waals surface area contributed by atoms with E-state index in [1.165, 1.54) is 0 Å². The molecule has 0 aliphatic heterocycles. The van der Waals surface area contributed by atoms with Crippen LogP contribution in [0.25, 0.3) is 10.9 Å². The van der Waals surface area contributed by atoms with E-state index in [9.17, 15) is 9.90 Å². The first kappa shape index (κ1) is 16.9. The molecule has 1 atom stereocenters. The normalized spacial score (nSPS) is 12.1. The predicted molar refractivity (Wildman–Crippen MR) is 97.1 cm³/mol. The van der Waals surface area contributed by atoms with Gasteiger partial charge >= 0.3 is 5.97 Å². The van der Waals surface area contributed by atoms with E-state index in [2.05, 4.69) is 4.98 Å². The van der Waals surface area contributed by atoms with Crippen molar-refractivity contribution in [1.82, 2.24) is 4.98 Å². The number of pyridine rings is 1. The Balaban J connectivity index is 1.83. The fourth-order valence-corrected chi connectivity index (χ4v) is 2.90. The zero-order valence-electron chi connectivity index (χ0n) is 14.0. The van der Waals surface area contributed by atoms with Gasteiger partial charge in [-0.15, -0.1) is 0 Å². The van der Waals surface area contributed by atoms with Gasteiger partial charge in [0.15, 0.2) is 0 Å². The van der Waals surface area contributed by atoms with Crippen molar-refractivity contribution in [3.63, 3.8) is 0 Å². The molecule has 3 aromatic rings. The van der Waals surface area contributed by atoms with Crippen molar-refractivity contribution in [3.8, 4) is 5.75 Å². The lowest BCUT2D eigenvalue weighted by Gasteiger charge is -2.16. The number of nitrogens with two attached hydrogens (primary N) is 1. The van der Waals surface area contributed by atoms with E-state index in [1.807, 2.05) is 37.3 Å². The summed E-state index contributed by atoms with van der Waals surface area (Å²) in [5, 5.41) is 10.2. The van der Waals surface area contributed by atoms with E-state index in [4.69, 9.17) is 10.5 Å². The predicted octanol–water partition coefficient (Wildman–Crippen LogP) is 3.19. The van der Waals surface area contributed by atoms with Crippen LogP contribution in [-0.2, 0) is 6.42 Å². The first-order valence-corrected chi connectivity index (χ1v) is 8.10. The van der Waals surface area contributed by atoms with Gasteiger partial charge in [-0.3, -0.25) is 4.98 Å². The van der Waals surface area contributed by atoms with Crippen LogP contribution in [0.2, 0.25) is 0 Å². The van der Waals surface area contributed by atoms with Crippen molar-refractivity contribution in [2.45, 2.75) is 19.4 Å². The molecule has 3 rings (SSSR count). The molecule has 2 aromatic carbocycles. The topological polar surface area (TPSA) is 85.4 Å². The number of rotatable bonds is 6. The van der Waals surface area contributed by atoms with Crippen LogP contribution in [0, 0.1) is 6.92 Å². The Hall–Kier alpha value is -2.92. The van der Waals surface area contributed by atoms with Gasteiger partial charge in [-0.25, -0.2) is 4.79 Å². The summed E-state index contributed by atoms with van der Waals surface area (Å²) in [5.74, 6) is -0.710. The highest BCUT2D eigenvalue weighted by Crippen LogP contribution is 2.30. The van der Waals surface area contributed by atoms with Crippen LogP contribution in [0.3, 0.4) is 0 Å². The number of hydrogen-bond donors (Lipinski definition) is 2. The lowest BCUT2D eigenvalue weighted by molar-refractivity contribution is 0.0694. The van der Waals surface area contributed by atoms with Crippen molar-refractivity contribution >= 4 is 16.9 Å². The van der Waals surface area contributed by atoms with Gasteiger partial charge in [-0.05, 0) is 36.6 Å². The monoisotopic (exact) mass is 336 g/mol. The maximum atomic E-state index is 11.7. The average Bonchev–Trinajstić information content (AvgIpc) is 2.60. The first-order valence-electron chi connectivity index (χ1n) is 8.10. The third kappa shape index (κ3) is 3.78. The Morgan fingerprint density at radius 1 is 1.24 bits per heavy atom. The molecule has 5 nitrogen and oxygen atoms in total. The zero-order valence-corrected chi connectivity index (χ0v) is 14.0. The van der Waals surface area contributed by atoms with Gasteiger partial charge in [0.25, 0.3) is 0 Å². The Morgan fingerprint density at radius 3 is 2.72 bits per heavy atom. The second kappa shape index (κ2) is 7.32. The number of aromatic carboxylic acids is 1. The van der Waals surface area contributed by atoms with E-state index < -0.39 is 5.97 Å². The molecule has 0 unspecified atom stereocenters. The van der Waals surface area contributed by atoms with Crippen LogP contribution < -0.4 is 10.5 Å². The summed E-state index contributed by atoms with van der Waals surface area (Å²) in [4.78, 5) is 16.0. The third-order valence-corrected chi connectivity index (χ3v) is 4.05. The number of carboxylic acid groups (broad SMARTS) is 1. The van der Waals surface area contributed by atoms with Crippen LogP contribution in [0.1, 0.15) is 21.5 Å². The molecule has 128 valence electrons. The number of hydrogen-bond acceptors (Lipinski definition) is 4. The third-order valence-electron chi connectivity index (χ3n) is 4.05. The van der Waals surface area contributed by atoms with Crippen molar-refractivity contribution in [1.29, 1.82) is 0 Å². The van der Waals surface area contributed by atoms with Crippen LogP contribution in [0.4, 0.5) is 0 Å². The fraction of sp³-hybridized carbons (Fsp3) is 0.200. The van der Waals surface area contributed by atoms with E-state index in [1.54, 1.807) is 24.4 Å². The van der Waals surface area contributed by atoms with Gasteiger partial charge in [0.2, 0.25) is 0 Å². The minimum Gasteiger partial charge on any atom is -0.491 e. The van der Waals surface area contributed by atoms with Crippen LogP contribution in [-0.4, -0.2) is 28.7 Å². The number of carboxylic acids is 1. The highest BCUT2D eigenvalue weighted by Gasteiger charge is 2.19. The molecule has 0 aliphatic rings. The second-order valence-electron chi connectivity index (χ2n) is 6.03. The van der Waals surface area contributed by atoms with Crippen LogP contribution in [0.15, 0.2) is 54.7 Å². The molecular weight excluding hydrogens is 316 g/mol. The fourth-order valence-electron chi connectivity index (χ4n) is 2.90. The Bertz CT molecular complexity index is 894. The number of carbonyl (C=O) groups is 1. The summed E-state index contributed by atoms with van der Waals surface area (Å²) in [6.07, 6.45) is 2.31. The second-order valence-corrected chi connectivity index (χ2v) is 6.03. The molecule has 0 fully saturated rings. The summed E-state index contributed by atoms with van der Waals surface area (Å²) in [6, 6.07) is 14.9. The standard InChI is InChI=1S/C20H20N2O3/c1-13-10-17(18(20(23)24)16-8-5-9-22-19(13)16)25-12-15(21)11-14-6-3-2-4-7-14/h2-10,15H,11-12,21H2,1H3,(H,23,24)/t15-/m1/s1. The molecule has 1 heterocycles. The van der Waals surface area contributed by atoms with Crippen molar-refractivity contribution in [2.24, 2.45) is 5.73 Å². The molecule has 0 amide bonds. The zero-order chi connectivity index (χ0) is 17.8. The maximum Gasteiger partial charge on any atom is 0.340 e. The van der Waals surface area contributed by atoms with Crippen molar-refractivity contribution in [2.75, 3.05) is 6.61 Å². The summed E-state index contributed by atoms with van der Waals surface area (Å²) < 4.78 is 5.79. The highest BCUT2D eigenvalue weighted by atomic mass is 16.5. The largest absolute Gasteiger partial charge is 0.491 e. The molecule has 0 radical (unpaired) electrons. The maximum absolute atomic E-state index is 11.7. The summed E-state index contributed by atoms with van der Waals surface area (Å²) in [5.41, 5.74) is 8.93. The minimum atomic E-state index is -1.04. The lowest BCUT2D eigenvalue weighted by Crippen LogP contribution is -2.30. The van der Waals surface area contributed by atoms with Crippen LogP contribution in [0.5, 0.6) is 5.75 Å². The quantitative estimate of drug-likeness (QED) is 0.722. The number of aromatic nitrogens is 1. The smallest absolute Gasteiger partial charge is 0.340 e. The van der Waals surface area contributed by atoms with E-state index in [-0.39, 0.29) is 18.2 Å². The molecular formula is C20H20N2O3. The summed E-state index contributed by atoms with van der Waals surface area (Å²) in [6.45, 7) is 2.12. The van der Waals surface area contributed by atoms with Gasteiger partial charge in [0.05, 0.1) is 5.52 Å². The Labute approximate surface area is 146 Å². The molecule has 0 bridgehead atoms. The first-order chi connectivity index (χ1) is 12.1. The van der Waals surface area contributed by atoms with Crippen molar-refractivity contribution < 1.29 is 14.6 Å². The molecule has 1 aromatic heterocycles. The Kier molecular flexibility index (Phi) is 4.95. The van der Waals surface area contributed by atoms with Gasteiger partial charge in [0, 0.05) is 17.6 Å². The van der Waals surface area contributed by atoms with Crippen molar-refractivity contribution in [3.05, 3.63) is 71.4 Å². The van der Waals surface area contributed by atoms with E-state index >= 15 is 0 Å². The molecule has 0 aliphatic carbocycles. The Morgan fingerprint density at radius 2 is 2.00 bits per heavy atom. The summed E-state index contributed by atoms with van der Waals surface area (Å²) in [7, 11) is 0. The molecule has 5 heteroatoms. The molecule has 0 spiro atoms. The van der Waals surface area contributed by atoms with Gasteiger partial charge in [0.1, 0.15) is 17.9 Å². The van der Waals surface area contributed by atoms with E-state index in [0.717, 1.165) is 11.1 Å². The minimum absolute atomic E-state index is 0.126. The highest BCUT2D eigenvalue weighted by molar-refractivity contribution is 6.06. The number of aryl methyl sites for hydroxylation is 1. The number of ether oxygens (including phenoxy) is 1. The lowest BCUT2D eigenvalue weighted by atomic mass is 10.0. The van der Waals surface area contributed by atoms with Gasteiger partial charge in [-0.1, -0.05) is 36.4 Å². The average molecular weight is 336 g/mol. The number of benzene rings is 2. The number of nitrogens with zero attached hydrogens (tertiary/aromatic N) is 1. The van der Waals surface area contributed by atoms with E-state index in [0.29, 0.717) is 23.1 Å². The number of fused-ring (bicyclic) bond motifs is 1. The molecule has 0 saturated carbocycles. The van der Waals surface area contributed by atoms with Gasteiger partial charge in [-0.2, -0.15) is 0 Å². The van der Waals surface area contributed by atoms with Crippen LogP contribution >= 0.6 is 0 Å².